The maximum absolute atomic E-state index is 16.2. The summed E-state index contributed by atoms with van der Waals surface area (Å²) in [7, 11) is -5.15. The highest BCUT2D eigenvalue weighted by atomic mass is 32.7. The molecule has 6 N–H and O–H groups in total. The van der Waals surface area contributed by atoms with Crippen molar-refractivity contribution in [1.29, 1.82) is 0 Å². The van der Waals surface area contributed by atoms with E-state index in [4.69, 9.17) is 48.5 Å². The summed E-state index contributed by atoms with van der Waals surface area (Å²) in [4.78, 5) is 46.9. The monoisotopic (exact) mass is 778 g/mol. The average molecular weight is 779 g/mol. The molecular formula is C24H29FN10O13P2S. The Morgan fingerprint density at radius 3 is 2.18 bits per heavy atom. The van der Waals surface area contributed by atoms with Gasteiger partial charge in [0.1, 0.15) is 54.2 Å². The summed E-state index contributed by atoms with van der Waals surface area (Å²) in [5.74, 6) is -0.617. The highest BCUT2D eigenvalue weighted by Gasteiger charge is 2.54. The van der Waals surface area contributed by atoms with Gasteiger partial charge >= 0.3 is 20.8 Å². The molecule has 4 aromatic rings. The molecule has 10 atom stereocenters. The van der Waals surface area contributed by atoms with Crippen LogP contribution >= 0.6 is 26.0 Å². The van der Waals surface area contributed by atoms with Gasteiger partial charge in [0.15, 0.2) is 47.5 Å². The largest absolute Gasteiger partial charge is 0.509 e. The van der Waals surface area contributed by atoms with Crippen molar-refractivity contribution in [2.24, 2.45) is 0 Å². The lowest BCUT2D eigenvalue weighted by molar-refractivity contribution is -0.0619. The number of ether oxygens (including phenoxy) is 4. The smallest absolute Gasteiger partial charge is 0.435 e. The second-order valence-corrected chi connectivity index (χ2v) is 16.3. The first-order valence-corrected chi connectivity index (χ1v) is 19.5. The SMILES string of the molecule is CCOC(=O)OCSP1(=O)OC[C@H]2O[C@@H](n3cnc4c(N)ncnc43)[C@@H](F)C2OP(=O)(O)OC[C@H]2O[C@@H](n3cnc4c(N)ncnc43)C(O1)[C@H]2O. The van der Waals surface area contributed by atoms with Crippen LogP contribution in [-0.4, -0.2) is 118 Å². The van der Waals surface area contributed by atoms with E-state index in [9.17, 15) is 23.9 Å². The molecule has 7 heterocycles. The maximum atomic E-state index is 16.2. The molecule has 2 bridgehead atoms. The van der Waals surface area contributed by atoms with E-state index in [0.29, 0.717) is 11.4 Å². The van der Waals surface area contributed by atoms with Gasteiger partial charge in [0.25, 0.3) is 0 Å². The van der Waals surface area contributed by atoms with Crippen molar-refractivity contribution in [2.75, 3.05) is 37.2 Å². The van der Waals surface area contributed by atoms with E-state index in [1.54, 1.807) is 6.92 Å². The summed E-state index contributed by atoms with van der Waals surface area (Å²) in [5, 5.41) is 11.4. The van der Waals surface area contributed by atoms with Gasteiger partial charge < -0.3 is 40.4 Å². The summed E-state index contributed by atoms with van der Waals surface area (Å²) in [6.07, 6.45) is -9.73. The maximum Gasteiger partial charge on any atom is 0.509 e. The number of rotatable bonds is 6. The Hall–Kier alpha value is -3.61. The summed E-state index contributed by atoms with van der Waals surface area (Å²) >= 11 is 0.371. The van der Waals surface area contributed by atoms with Crippen LogP contribution in [0.3, 0.4) is 0 Å². The highest BCUT2D eigenvalue weighted by Crippen LogP contribution is 2.64. The number of nitrogen functional groups attached to an aromatic ring is 2. The zero-order valence-corrected chi connectivity index (χ0v) is 28.7. The molecule has 276 valence electrons. The van der Waals surface area contributed by atoms with E-state index in [1.807, 2.05) is 0 Å². The van der Waals surface area contributed by atoms with Crippen LogP contribution in [-0.2, 0) is 46.2 Å². The molecule has 23 nitrogen and oxygen atoms in total. The van der Waals surface area contributed by atoms with Crippen LogP contribution in [0.25, 0.3) is 22.3 Å². The third-order valence-electron chi connectivity index (χ3n) is 7.86. The average Bonchev–Trinajstić information content (AvgIpc) is 3.85. The molecule has 0 radical (unpaired) electrons. The van der Waals surface area contributed by atoms with E-state index >= 15 is 4.39 Å². The number of phosphoric ester groups is 1. The number of fused-ring (bicyclic) bond motifs is 5. The normalized spacial score (nSPS) is 34.4. The number of aliphatic hydroxyl groups is 1. The number of phosphoric acid groups is 1. The topological polar surface area (TPSA) is 305 Å². The fourth-order valence-corrected chi connectivity index (χ4v) is 9.27. The molecule has 0 amide bonds. The van der Waals surface area contributed by atoms with Crippen LogP contribution in [0, 0.1) is 0 Å². The summed E-state index contributed by atoms with van der Waals surface area (Å²) in [6.45, 7) is -4.68. The molecule has 3 aliphatic rings. The Morgan fingerprint density at radius 1 is 0.922 bits per heavy atom. The molecular weight excluding hydrogens is 749 g/mol. The third kappa shape index (κ3) is 6.99. The molecule has 3 fully saturated rings. The summed E-state index contributed by atoms with van der Waals surface area (Å²) in [6, 6.07) is 0. The lowest BCUT2D eigenvalue weighted by Crippen LogP contribution is -2.35. The van der Waals surface area contributed by atoms with Gasteiger partial charge in [0.05, 0.1) is 32.5 Å². The third-order valence-corrected chi connectivity index (χ3v) is 12.2. The zero-order chi connectivity index (χ0) is 36.1. The van der Waals surface area contributed by atoms with E-state index in [1.165, 1.54) is 21.8 Å². The molecule has 7 rings (SSSR count). The highest BCUT2D eigenvalue weighted by molar-refractivity contribution is 8.55. The van der Waals surface area contributed by atoms with Crippen LogP contribution in [0.5, 0.6) is 0 Å². The predicted octanol–water partition coefficient (Wildman–Crippen LogP) is 1.21. The lowest BCUT2D eigenvalue weighted by atomic mass is 10.1. The number of nitrogens with two attached hydrogens (primary N) is 2. The summed E-state index contributed by atoms with van der Waals surface area (Å²) < 4.78 is 90.1. The molecule has 4 unspecified atom stereocenters. The summed E-state index contributed by atoms with van der Waals surface area (Å²) in [5.41, 5.74) is 12.3. The van der Waals surface area contributed by atoms with Crippen LogP contribution in [0.15, 0.2) is 25.3 Å². The molecule has 4 aromatic heterocycles. The van der Waals surface area contributed by atoms with Gasteiger partial charge in [0.2, 0.25) is 0 Å². The minimum Gasteiger partial charge on any atom is -0.435 e. The van der Waals surface area contributed by atoms with Crippen LogP contribution in [0.4, 0.5) is 20.8 Å². The van der Waals surface area contributed by atoms with E-state index in [-0.39, 0.29) is 40.6 Å². The predicted molar refractivity (Wildman–Crippen MR) is 168 cm³/mol. The Bertz CT molecular complexity index is 2030. The van der Waals surface area contributed by atoms with Gasteiger partial charge in [-0.1, -0.05) is 0 Å². The number of imidazole rings is 2. The standard InChI is InChI=1S/C24H29FN10O13P2S/c1-2-41-24(37)42-9-51-50(40)44-4-11-16(12(25)22(46-11)34-7-32-13-18(26)28-5-30-20(13)34)47-49(38,39)43-3-10-15(36)17(48-50)23(45-10)35-8-33-14-19(27)29-6-31-21(14)35/h5-8,10-12,15-17,22-23,36H,2-4,9H2,1H3,(H,38,39)(H2,26,28,30)(H2,27,29,31)/t10-,11-,12+,15+,16?,17?,22-,23-,50?/m1/s1. The van der Waals surface area contributed by atoms with Gasteiger partial charge in [-0.2, -0.15) is 0 Å². The van der Waals surface area contributed by atoms with Gasteiger partial charge in [0, 0.05) is 11.4 Å². The van der Waals surface area contributed by atoms with Crippen LogP contribution in [0.2, 0.25) is 0 Å². The second kappa shape index (κ2) is 14.1. The van der Waals surface area contributed by atoms with Crippen LogP contribution < -0.4 is 11.5 Å². The number of nitrogens with zero attached hydrogens (tertiary/aromatic N) is 8. The van der Waals surface area contributed by atoms with Gasteiger partial charge in [-0.05, 0) is 6.92 Å². The van der Waals surface area contributed by atoms with Crippen molar-refractivity contribution in [3.63, 3.8) is 0 Å². The van der Waals surface area contributed by atoms with Crippen molar-refractivity contribution in [1.82, 2.24) is 39.0 Å². The van der Waals surface area contributed by atoms with E-state index < -0.39 is 89.1 Å². The number of hydrogen-bond acceptors (Lipinski definition) is 21. The zero-order valence-electron chi connectivity index (χ0n) is 26.1. The van der Waals surface area contributed by atoms with Gasteiger partial charge in [-0.25, -0.2) is 48.2 Å². The molecule has 0 spiro atoms. The first-order chi connectivity index (χ1) is 24.4. The second-order valence-electron chi connectivity index (χ2n) is 11.0. The van der Waals surface area contributed by atoms with Crippen LogP contribution in [0.1, 0.15) is 19.4 Å². The fraction of sp³-hybridized carbons (Fsp3) is 0.542. The fourth-order valence-electron chi connectivity index (χ4n) is 5.55. The Labute approximate surface area is 288 Å². The number of anilines is 2. The molecule has 0 aliphatic carbocycles. The van der Waals surface area contributed by atoms with Crippen molar-refractivity contribution in [3.8, 4) is 0 Å². The van der Waals surface area contributed by atoms with E-state index in [2.05, 4.69) is 29.9 Å². The first-order valence-electron chi connectivity index (χ1n) is 14.9. The molecule has 0 aromatic carbocycles. The minimum atomic E-state index is -5.15. The number of halogens is 1. The quantitative estimate of drug-likeness (QED) is 0.121. The molecule has 0 saturated carbocycles. The van der Waals surface area contributed by atoms with E-state index in [0.717, 1.165) is 12.7 Å². The van der Waals surface area contributed by atoms with Gasteiger partial charge in [-0.15, -0.1) is 0 Å². The number of alkyl halides is 1. The number of carbonyl (C=O) groups is 1. The first kappa shape index (κ1) is 35.8. The molecule has 3 saturated heterocycles. The Balaban J connectivity index is 1.23. The van der Waals surface area contributed by atoms with Crippen molar-refractivity contribution < 1.29 is 65.4 Å². The Kier molecular flexibility index (Phi) is 9.88. The molecule has 3 aliphatic heterocycles. The van der Waals surface area contributed by atoms with Gasteiger partial charge in [-0.3, -0.25) is 27.2 Å². The Morgan fingerprint density at radius 2 is 1.53 bits per heavy atom. The molecule has 27 heteroatoms. The molecule has 51 heavy (non-hydrogen) atoms. The lowest BCUT2D eigenvalue weighted by Gasteiger charge is -2.27. The minimum absolute atomic E-state index is 0.000323. The number of hydrogen-bond donors (Lipinski definition) is 4. The van der Waals surface area contributed by atoms with Crippen molar-refractivity contribution in [3.05, 3.63) is 25.3 Å². The van der Waals surface area contributed by atoms with Crippen molar-refractivity contribution in [2.45, 2.75) is 56.1 Å². The number of carbonyl (C=O) groups excluding carboxylic acids is 1. The number of aliphatic hydroxyl groups excluding tert-OH is 1. The number of aromatic nitrogens is 8. The van der Waals surface area contributed by atoms with Crippen molar-refractivity contribution >= 4 is 66.1 Å².